The molecule has 0 radical (unpaired) electrons. The molecule has 1 fully saturated rings. The van der Waals surface area contributed by atoms with E-state index in [-0.39, 0.29) is 11.5 Å². The molecule has 0 N–H and O–H groups in total. The Kier molecular flexibility index (Phi) is 6.36. The minimum absolute atomic E-state index is 0.110. The number of hydrogen-bond acceptors (Lipinski definition) is 8. The van der Waals surface area contributed by atoms with Gasteiger partial charge in [0.1, 0.15) is 5.52 Å². The summed E-state index contributed by atoms with van der Waals surface area (Å²) in [5.74, 6) is 1.78. The first-order chi connectivity index (χ1) is 16.3. The number of carbonyl (C=O) groups is 1. The molecule has 1 aliphatic heterocycles. The fraction of sp³-hybridized carbons (Fsp3) is 0.478. The number of piperazine rings is 1. The lowest BCUT2D eigenvalue weighted by Gasteiger charge is -2.36. The lowest BCUT2D eigenvalue weighted by Crippen LogP contribution is -2.50. The molecule has 0 saturated carbocycles. The van der Waals surface area contributed by atoms with Gasteiger partial charge in [-0.05, 0) is 26.0 Å². The van der Waals surface area contributed by atoms with Gasteiger partial charge in [-0.1, -0.05) is 0 Å². The molecule has 3 heterocycles. The van der Waals surface area contributed by atoms with E-state index in [9.17, 15) is 9.59 Å². The topological polar surface area (TPSA) is 104 Å². The molecule has 3 aromatic rings. The fourth-order valence-electron chi connectivity index (χ4n) is 4.42. The SMILES string of the molecule is CCn1c(N2CCN(C(=O)c3cc(OC)c(OC)c(OC)c3)CC2)nc2c(C)nn(C)c2c1=O. The summed E-state index contributed by atoms with van der Waals surface area (Å²) >= 11 is 0. The molecule has 1 aliphatic rings. The third-order valence-corrected chi connectivity index (χ3v) is 6.17. The molecule has 1 aromatic carbocycles. The summed E-state index contributed by atoms with van der Waals surface area (Å²) in [7, 11) is 6.32. The molecule has 11 nitrogen and oxygen atoms in total. The van der Waals surface area contributed by atoms with Crippen LogP contribution in [0.4, 0.5) is 5.95 Å². The number of aromatic nitrogens is 4. The number of anilines is 1. The van der Waals surface area contributed by atoms with Crippen LogP contribution in [0.25, 0.3) is 11.0 Å². The maximum absolute atomic E-state index is 13.3. The van der Waals surface area contributed by atoms with E-state index in [0.29, 0.717) is 72.5 Å². The van der Waals surface area contributed by atoms with Crippen LogP contribution in [0.1, 0.15) is 23.0 Å². The normalized spacial score (nSPS) is 13.9. The van der Waals surface area contributed by atoms with Gasteiger partial charge in [-0.2, -0.15) is 5.10 Å². The third-order valence-electron chi connectivity index (χ3n) is 6.17. The van der Waals surface area contributed by atoms with Crippen molar-refractivity contribution in [3.05, 3.63) is 33.7 Å². The number of carbonyl (C=O) groups excluding carboxylic acids is 1. The number of benzene rings is 1. The van der Waals surface area contributed by atoms with Gasteiger partial charge in [0.25, 0.3) is 11.5 Å². The van der Waals surface area contributed by atoms with E-state index in [1.54, 1.807) is 33.3 Å². The molecule has 182 valence electrons. The van der Waals surface area contributed by atoms with Gasteiger partial charge in [0.05, 0.1) is 27.0 Å². The van der Waals surface area contributed by atoms with Crippen molar-refractivity contribution in [2.75, 3.05) is 52.4 Å². The molecule has 11 heteroatoms. The number of amides is 1. The molecule has 0 bridgehead atoms. The number of nitrogens with zero attached hydrogens (tertiary/aromatic N) is 6. The highest BCUT2D eigenvalue weighted by molar-refractivity contribution is 5.96. The second-order valence-electron chi connectivity index (χ2n) is 8.06. The molecule has 34 heavy (non-hydrogen) atoms. The van der Waals surface area contributed by atoms with Gasteiger partial charge in [0.15, 0.2) is 17.0 Å². The summed E-state index contributed by atoms with van der Waals surface area (Å²) in [4.78, 5) is 35.0. The number of fused-ring (bicyclic) bond motifs is 1. The Hall–Kier alpha value is -3.76. The minimum atomic E-state index is -0.127. The van der Waals surface area contributed by atoms with Crippen molar-refractivity contribution in [2.45, 2.75) is 20.4 Å². The largest absolute Gasteiger partial charge is 0.493 e. The minimum Gasteiger partial charge on any atom is -0.493 e. The highest BCUT2D eigenvalue weighted by Gasteiger charge is 2.27. The zero-order valence-electron chi connectivity index (χ0n) is 20.4. The van der Waals surface area contributed by atoms with Crippen LogP contribution in [-0.4, -0.2) is 77.6 Å². The Morgan fingerprint density at radius 3 is 2.18 bits per heavy atom. The highest BCUT2D eigenvalue weighted by atomic mass is 16.5. The number of hydrogen-bond donors (Lipinski definition) is 0. The van der Waals surface area contributed by atoms with Crippen LogP contribution in [0.3, 0.4) is 0 Å². The van der Waals surface area contributed by atoms with Gasteiger partial charge >= 0.3 is 0 Å². The molecule has 2 aromatic heterocycles. The fourth-order valence-corrected chi connectivity index (χ4v) is 4.42. The van der Waals surface area contributed by atoms with E-state index in [0.717, 1.165) is 5.69 Å². The van der Waals surface area contributed by atoms with Crippen LogP contribution in [-0.2, 0) is 13.6 Å². The van der Waals surface area contributed by atoms with Crippen molar-refractivity contribution in [1.82, 2.24) is 24.2 Å². The summed E-state index contributed by atoms with van der Waals surface area (Å²) in [6, 6.07) is 3.32. The average Bonchev–Trinajstić information content (AvgIpc) is 3.15. The van der Waals surface area contributed by atoms with Crippen molar-refractivity contribution < 1.29 is 19.0 Å². The molecular weight excluding hydrogens is 440 g/mol. The first-order valence-corrected chi connectivity index (χ1v) is 11.1. The molecule has 0 spiro atoms. The van der Waals surface area contributed by atoms with Crippen LogP contribution >= 0.6 is 0 Å². The summed E-state index contributed by atoms with van der Waals surface area (Å²) in [5, 5.41) is 4.36. The smallest absolute Gasteiger partial charge is 0.281 e. The van der Waals surface area contributed by atoms with Crippen LogP contribution in [0, 0.1) is 6.92 Å². The van der Waals surface area contributed by atoms with E-state index in [2.05, 4.69) is 10.00 Å². The standard InChI is InChI=1S/C23H30N6O5/c1-7-29-22(31)19-18(14(2)25-26(19)3)24-23(29)28-10-8-27(9-11-28)21(30)15-12-16(32-4)20(34-6)17(13-15)33-5/h12-13H,7-11H2,1-6H3. The van der Waals surface area contributed by atoms with Crippen molar-refractivity contribution in [1.29, 1.82) is 0 Å². The first-order valence-electron chi connectivity index (χ1n) is 11.1. The summed E-state index contributed by atoms with van der Waals surface area (Å²) < 4.78 is 19.4. The van der Waals surface area contributed by atoms with E-state index < -0.39 is 0 Å². The van der Waals surface area contributed by atoms with Gasteiger partial charge in [0, 0.05) is 45.3 Å². The molecule has 0 atom stereocenters. The van der Waals surface area contributed by atoms with Gasteiger partial charge in [-0.15, -0.1) is 0 Å². The zero-order valence-corrected chi connectivity index (χ0v) is 20.4. The Morgan fingerprint density at radius 1 is 1.03 bits per heavy atom. The second kappa shape index (κ2) is 9.24. The van der Waals surface area contributed by atoms with E-state index >= 15 is 0 Å². The highest BCUT2D eigenvalue weighted by Crippen LogP contribution is 2.38. The maximum atomic E-state index is 13.3. The van der Waals surface area contributed by atoms with Crippen LogP contribution < -0.4 is 24.7 Å². The molecular formula is C23H30N6O5. The van der Waals surface area contributed by atoms with E-state index in [1.165, 1.54) is 21.3 Å². The van der Waals surface area contributed by atoms with E-state index in [4.69, 9.17) is 19.2 Å². The lowest BCUT2D eigenvalue weighted by molar-refractivity contribution is 0.0745. The monoisotopic (exact) mass is 470 g/mol. The average molecular weight is 471 g/mol. The van der Waals surface area contributed by atoms with Crippen molar-refractivity contribution in [3.8, 4) is 17.2 Å². The summed E-state index contributed by atoms with van der Waals surface area (Å²) in [6.07, 6.45) is 0. The predicted molar refractivity (Wildman–Crippen MR) is 127 cm³/mol. The number of ether oxygens (including phenoxy) is 3. The Morgan fingerprint density at radius 2 is 1.65 bits per heavy atom. The molecule has 0 aliphatic carbocycles. The lowest BCUT2D eigenvalue weighted by atomic mass is 10.1. The van der Waals surface area contributed by atoms with Crippen LogP contribution in [0.2, 0.25) is 0 Å². The molecule has 4 rings (SSSR count). The van der Waals surface area contributed by atoms with Gasteiger partial charge in [-0.3, -0.25) is 18.8 Å². The molecule has 1 saturated heterocycles. The summed E-state index contributed by atoms with van der Waals surface area (Å²) in [6.45, 7) is 6.33. The third kappa shape index (κ3) is 3.80. The van der Waals surface area contributed by atoms with Gasteiger partial charge < -0.3 is 24.0 Å². The van der Waals surface area contributed by atoms with Crippen LogP contribution in [0.5, 0.6) is 17.2 Å². The van der Waals surface area contributed by atoms with Gasteiger partial charge in [0.2, 0.25) is 11.7 Å². The Balaban J connectivity index is 1.59. The quantitative estimate of drug-likeness (QED) is 0.533. The number of aryl methyl sites for hydroxylation is 2. The summed E-state index contributed by atoms with van der Waals surface area (Å²) in [5.41, 5.74) is 2.18. The first kappa shape index (κ1) is 23.4. The molecule has 1 amide bonds. The van der Waals surface area contributed by atoms with Crippen molar-refractivity contribution in [2.24, 2.45) is 7.05 Å². The Labute approximate surface area is 197 Å². The van der Waals surface area contributed by atoms with Gasteiger partial charge in [-0.25, -0.2) is 4.98 Å². The van der Waals surface area contributed by atoms with Crippen LogP contribution in [0.15, 0.2) is 16.9 Å². The number of rotatable bonds is 6. The maximum Gasteiger partial charge on any atom is 0.281 e. The zero-order chi connectivity index (χ0) is 24.6. The second-order valence-corrected chi connectivity index (χ2v) is 8.06. The Bertz CT molecular complexity index is 1260. The molecule has 0 unspecified atom stereocenters. The predicted octanol–water partition coefficient (Wildman–Crippen LogP) is 1.45. The van der Waals surface area contributed by atoms with E-state index in [1.807, 2.05) is 13.8 Å². The van der Waals surface area contributed by atoms with Crippen molar-refractivity contribution in [3.63, 3.8) is 0 Å². The number of methoxy groups -OCH3 is 3. The van der Waals surface area contributed by atoms with Crippen molar-refractivity contribution >= 4 is 22.9 Å².